The molecule has 132 valence electrons. The fourth-order valence-electron chi connectivity index (χ4n) is 3.78. The van der Waals surface area contributed by atoms with Gasteiger partial charge in [0.15, 0.2) is 0 Å². The van der Waals surface area contributed by atoms with Crippen molar-refractivity contribution in [2.24, 2.45) is 0 Å². The molecule has 4 heteroatoms. The van der Waals surface area contributed by atoms with Crippen molar-refractivity contribution in [3.63, 3.8) is 0 Å². The fraction of sp³-hybridized carbons (Fsp3) is 0.364. The third-order valence-electron chi connectivity index (χ3n) is 5.32. The highest BCUT2D eigenvalue weighted by molar-refractivity contribution is 5.82. The average Bonchev–Trinajstić information content (AvgIpc) is 2.82. The summed E-state index contributed by atoms with van der Waals surface area (Å²) in [5.41, 5.74) is 5.42. The van der Waals surface area contributed by atoms with Gasteiger partial charge in [-0.15, -0.1) is 0 Å². The van der Waals surface area contributed by atoms with Crippen LogP contribution in [0.1, 0.15) is 32.2 Å². The lowest BCUT2D eigenvalue weighted by atomic mass is 10.0. The molecular formula is C22H24N4. The lowest BCUT2D eigenvalue weighted by Gasteiger charge is -2.34. The second-order valence-corrected chi connectivity index (χ2v) is 7.98. The molecule has 26 heavy (non-hydrogen) atoms. The lowest BCUT2D eigenvalue weighted by molar-refractivity contribution is 0.140. The first-order valence-corrected chi connectivity index (χ1v) is 9.20. The zero-order valence-corrected chi connectivity index (χ0v) is 15.7. The van der Waals surface area contributed by atoms with Crippen molar-refractivity contribution >= 4 is 11.0 Å². The van der Waals surface area contributed by atoms with Gasteiger partial charge >= 0.3 is 0 Å². The van der Waals surface area contributed by atoms with Gasteiger partial charge in [-0.3, -0.25) is 4.90 Å². The maximum atomic E-state index is 8.96. The van der Waals surface area contributed by atoms with E-state index in [0.717, 1.165) is 42.7 Å². The molecule has 0 radical (unpaired) electrons. The first-order chi connectivity index (χ1) is 12.5. The molecule has 1 aliphatic heterocycles. The number of benzene rings is 2. The summed E-state index contributed by atoms with van der Waals surface area (Å²) < 4.78 is 2.38. The molecule has 2 aromatic carbocycles. The maximum absolute atomic E-state index is 8.96. The number of rotatable bonds is 1. The summed E-state index contributed by atoms with van der Waals surface area (Å²) in [4.78, 5) is 7.47. The third kappa shape index (κ3) is 3.00. The third-order valence-corrected chi connectivity index (χ3v) is 5.32. The molecule has 0 unspecified atom stereocenters. The van der Waals surface area contributed by atoms with E-state index in [0.29, 0.717) is 5.56 Å². The van der Waals surface area contributed by atoms with Gasteiger partial charge in [0, 0.05) is 31.6 Å². The van der Waals surface area contributed by atoms with E-state index < -0.39 is 0 Å². The zero-order valence-electron chi connectivity index (χ0n) is 15.7. The van der Waals surface area contributed by atoms with Crippen molar-refractivity contribution in [3.05, 3.63) is 53.9 Å². The normalized spacial score (nSPS) is 15.5. The van der Waals surface area contributed by atoms with Gasteiger partial charge in [-0.25, -0.2) is 4.98 Å². The minimum Gasteiger partial charge on any atom is -0.327 e. The van der Waals surface area contributed by atoms with Gasteiger partial charge in [-0.2, -0.15) is 5.26 Å². The van der Waals surface area contributed by atoms with E-state index in [1.807, 2.05) is 24.3 Å². The molecule has 3 aromatic rings. The van der Waals surface area contributed by atoms with Crippen LogP contribution in [0.3, 0.4) is 0 Å². The van der Waals surface area contributed by atoms with Crippen molar-refractivity contribution in [2.75, 3.05) is 13.1 Å². The van der Waals surface area contributed by atoms with E-state index in [1.54, 1.807) is 0 Å². The minimum atomic E-state index is 0.197. The van der Waals surface area contributed by atoms with Crippen molar-refractivity contribution in [3.8, 4) is 17.2 Å². The van der Waals surface area contributed by atoms with Crippen LogP contribution in [-0.2, 0) is 13.0 Å². The van der Waals surface area contributed by atoms with Gasteiger partial charge in [0.05, 0.1) is 22.7 Å². The van der Waals surface area contributed by atoms with E-state index in [1.165, 1.54) is 11.3 Å². The van der Waals surface area contributed by atoms with Crippen LogP contribution in [0, 0.1) is 11.3 Å². The van der Waals surface area contributed by atoms with Crippen LogP contribution in [0.4, 0.5) is 0 Å². The largest absolute Gasteiger partial charge is 0.327 e. The molecule has 0 aliphatic carbocycles. The number of imidazole rings is 1. The molecule has 4 nitrogen and oxygen atoms in total. The highest BCUT2D eigenvalue weighted by Gasteiger charge is 2.25. The summed E-state index contributed by atoms with van der Waals surface area (Å²) in [7, 11) is 0. The number of fused-ring (bicyclic) bond motifs is 3. The van der Waals surface area contributed by atoms with Crippen molar-refractivity contribution < 1.29 is 0 Å². The Morgan fingerprint density at radius 3 is 2.38 bits per heavy atom. The van der Waals surface area contributed by atoms with E-state index >= 15 is 0 Å². The zero-order chi connectivity index (χ0) is 18.3. The van der Waals surface area contributed by atoms with E-state index in [-0.39, 0.29) is 5.54 Å². The lowest BCUT2D eigenvalue weighted by Crippen LogP contribution is -2.43. The molecule has 0 bridgehead atoms. The maximum Gasteiger partial charge on any atom is 0.111 e. The number of nitrogens with zero attached hydrogens (tertiary/aromatic N) is 4. The Balaban J connectivity index is 1.67. The van der Waals surface area contributed by atoms with Crippen molar-refractivity contribution in [1.82, 2.24) is 14.5 Å². The highest BCUT2D eigenvalue weighted by Crippen LogP contribution is 2.27. The predicted octanol–water partition coefficient (Wildman–Crippen LogP) is 4.23. The summed E-state index contributed by atoms with van der Waals surface area (Å²) in [5, 5.41) is 8.96. The first-order valence-electron chi connectivity index (χ1n) is 9.20. The summed E-state index contributed by atoms with van der Waals surface area (Å²) in [5.74, 6) is 1.18. The fourth-order valence-corrected chi connectivity index (χ4v) is 3.78. The Labute approximate surface area is 154 Å². The van der Waals surface area contributed by atoms with E-state index in [9.17, 15) is 0 Å². The molecule has 1 aromatic heterocycles. The monoisotopic (exact) mass is 344 g/mol. The number of nitriles is 1. The van der Waals surface area contributed by atoms with Crippen LogP contribution in [0.2, 0.25) is 0 Å². The quantitative estimate of drug-likeness (QED) is 0.663. The minimum absolute atomic E-state index is 0.197. The molecule has 2 heterocycles. The van der Waals surface area contributed by atoms with Crippen molar-refractivity contribution in [2.45, 2.75) is 39.3 Å². The molecular weight excluding hydrogens is 320 g/mol. The Kier molecular flexibility index (Phi) is 4.05. The molecule has 0 N–H and O–H groups in total. The molecule has 0 atom stereocenters. The molecule has 4 rings (SSSR count). The Bertz CT molecular complexity index is 984. The van der Waals surface area contributed by atoms with Crippen LogP contribution >= 0.6 is 0 Å². The molecule has 0 spiro atoms. The van der Waals surface area contributed by atoms with Gasteiger partial charge in [0.1, 0.15) is 5.82 Å². The molecule has 0 fully saturated rings. The molecule has 0 saturated carbocycles. The second kappa shape index (κ2) is 6.26. The van der Waals surface area contributed by atoms with Gasteiger partial charge in [0.2, 0.25) is 0 Å². The summed E-state index contributed by atoms with van der Waals surface area (Å²) in [6, 6.07) is 16.4. The van der Waals surface area contributed by atoms with Crippen LogP contribution in [-0.4, -0.2) is 33.1 Å². The number of hydrogen-bond donors (Lipinski definition) is 0. The smallest absolute Gasteiger partial charge is 0.111 e. The summed E-state index contributed by atoms with van der Waals surface area (Å²) >= 11 is 0. The average molecular weight is 344 g/mol. The van der Waals surface area contributed by atoms with Gasteiger partial charge in [-0.05, 0) is 56.2 Å². The van der Waals surface area contributed by atoms with Crippen LogP contribution in [0.5, 0.6) is 0 Å². The Hall–Kier alpha value is -2.64. The van der Waals surface area contributed by atoms with Crippen LogP contribution < -0.4 is 0 Å². The Morgan fingerprint density at radius 2 is 1.69 bits per heavy atom. The first kappa shape index (κ1) is 16.8. The molecule has 0 saturated heterocycles. The highest BCUT2D eigenvalue weighted by atomic mass is 15.2. The Morgan fingerprint density at radius 1 is 0.962 bits per heavy atom. The van der Waals surface area contributed by atoms with Crippen LogP contribution in [0.25, 0.3) is 22.2 Å². The predicted molar refractivity (Wildman–Crippen MR) is 105 cm³/mol. The number of aromatic nitrogens is 2. The second-order valence-electron chi connectivity index (χ2n) is 7.98. The van der Waals surface area contributed by atoms with Gasteiger partial charge in [-0.1, -0.05) is 18.2 Å². The van der Waals surface area contributed by atoms with Gasteiger partial charge in [0.25, 0.3) is 0 Å². The van der Waals surface area contributed by atoms with Crippen LogP contribution in [0.15, 0.2) is 42.5 Å². The van der Waals surface area contributed by atoms with Gasteiger partial charge < -0.3 is 4.57 Å². The topological polar surface area (TPSA) is 44.9 Å². The molecule has 0 amide bonds. The summed E-state index contributed by atoms with van der Waals surface area (Å²) in [6.45, 7) is 9.93. The van der Waals surface area contributed by atoms with Crippen molar-refractivity contribution in [1.29, 1.82) is 5.26 Å². The van der Waals surface area contributed by atoms with E-state index in [2.05, 4.69) is 54.5 Å². The molecule has 1 aliphatic rings. The summed E-state index contributed by atoms with van der Waals surface area (Å²) in [6.07, 6.45) is 0.984. The SMILES string of the molecule is CC(C)(C)N1CCc2nc3cc(-c4ccc(C#N)cc4)ccc3n2CC1. The standard InChI is InChI=1S/C22H24N4/c1-22(2,3)25-11-10-21-24-19-14-18(8-9-20(19)26(21)13-12-25)17-6-4-16(15-23)5-7-17/h4-9,14H,10-13H2,1-3H3. The number of hydrogen-bond acceptors (Lipinski definition) is 3. The van der Waals surface area contributed by atoms with E-state index in [4.69, 9.17) is 10.2 Å².